The highest BCUT2D eigenvalue weighted by Crippen LogP contribution is 2.25. The molecule has 1 aromatic heterocycles. The molecule has 0 spiro atoms. The van der Waals surface area contributed by atoms with E-state index in [9.17, 15) is 9.59 Å². The number of carbonyl (C=O) groups is 1. The Morgan fingerprint density at radius 2 is 1.93 bits per heavy atom. The fraction of sp³-hybridized carbons (Fsp3) is 0.522. The largest absolute Gasteiger partial charge is 0.320 e. The van der Waals surface area contributed by atoms with Crippen molar-refractivity contribution in [3.05, 3.63) is 58.0 Å². The summed E-state index contributed by atoms with van der Waals surface area (Å²) in [5.74, 6) is -0.289. The molecule has 0 bridgehead atoms. The maximum Gasteiger partial charge on any atom is 0.276 e. The molecule has 29 heavy (non-hydrogen) atoms. The van der Waals surface area contributed by atoms with Gasteiger partial charge in [0.05, 0.1) is 0 Å². The van der Waals surface area contributed by atoms with Gasteiger partial charge >= 0.3 is 0 Å². The Morgan fingerprint density at radius 3 is 2.69 bits per heavy atom. The molecule has 1 aromatic carbocycles. The summed E-state index contributed by atoms with van der Waals surface area (Å²) in [7, 11) is 2.17. The number of unbranched alkanes of at least 4 members (excludes halogenated alkanes) is 1. The van der Waals surface area contributed by atoms with Crippen LogP contribution in [-0.4, -0.2) is 33.7 Å². The monoisotopic (exact) mass is 396 g/mol. The summed E-state index contributed by atoms with van der Waals surface area (Å²) in [6, 6.07) is 11.4. The first kappa shape index (κ1) is 21.2. The summed E-state index contributed by atoms with van der Waals surface area (Å²) < 4.78 is 1.38. The van der Waals surface area contributed by atoms with Crippen LogP contribution in [0.15, 0.2) is 41.2 Å². The molecular weight excluding hydrogens is 364 g/mol. The van der Waals surface area contributed by atoms with Crippen molar-refractivity contribution in [3.63, 3.8) is 0 Å². The number of nitrogens with zero attached hydrogens (tertiary/aromatic N) is 3. The lowest BCUT2D eigenvalue weighted by Gasteiger charge is -2.31. The van der Waals surface area contributed by atoms with Crippen molar-refractivity contribution < 1.29 is 4.79 Å². The third kappa shape index (κ3) is 5.76. The zero-order valence-corrected chi connectivity index (χ0v) is 17.6. The molecule has 1 heterocycles. The minimum Gasteiger partial charge on any atom is -0.320 e. The van der Waals surface area contributed by atoms with E-state index in [1.54, 1.807) is 0 Å². The number of aromatic nitrogens is 2. The molecule has 0 aliphatic heterocycles. The number of amides is 1. The van der Waals surface area contributed by atoms with E-state index in [1.807, 2.05) is 18.2 Å². The second kappa shape index (κ2) is 10.3. The fourth-order valence-electron chi connectivity index (χ4n) is 3.92. The van der Waals surface area contributed by atoms with Crippen LogP contribution in [0, 0.1) is 0 Å². The van der Waals surface area contributed by atoms with Gasteiger partial charge in [0, 0.05) is 30.9 Å². The second-order valence-electron chi connectivity index (χ2n) is 7.95. The van der Waals surface area contributed by atoms with Crippen LogP contribution < -0.4 is 10.9 Å². The van der Waals surface area contributed by atoms with E-state index < -0.39 is 0 Å². The molecule has 1 aliphatic rings. The molecular formula is C23H32N4O2. The number of nitrogens with one attached hydrogen (secondary N) is 1. The van der Waals surface area contributed by atoms with Crippen LogP contribution in [0.1, 0.15) is 67.9 Å². The fourth-order valence-corrected chi connectivity index (χ4v) is 3.92. The number of hydrogen-bond acceptors (Lipinski definition) is 4. The van der Waals surface area contributed by atoms with E-state index in [1.165, 1.54) is 48.9 Å². The lowest BCUT2D eigenvalue weighted by atomic mass is 9.94. The van der Waals surface area contributed by atoms with Crippen molar-refractivity contribution in [2.75, 3.05) is 12.4 Å². The lowest BCUT2D eigenvalue weighted by Crippen LogP contribution is -2.33. The molecule has 1 saturated carbocycles. The standard InChI is InChI=1S/C23H32N4O2/c1-3-4-16-27-22(28)15-14-21(25-27)23(29)24-20-13-9-8-10-18(20)17-26(2)19-11-6-5-7-12-19/h8-10,13-15,19H,3-7,11-12,16-17H2,1-2H3,(H,24,29). The molecule has 0 saturated heterocycles. The van der Waals surface area contributed by atoms with E-state index in [0.717, 1.165) is 30.6 Å². The van der Waals surface area contributed by atoms with Crippen LogP contribution in [-0.2, 0) is 13.1 Å². The Labute approximate surface area is 172 Å². The first-order chi connectivity index (χ1) is 14.1. The topological polar surface area (TPSA) is 67.2 Å². The van der Waals surface area contributed by atoms with Gasteiger partial charge in [-0.3, -0.25) is 14.5 Å². The number of rotatable bonds is 8. The average Bonchev–Trinajstić information content (AvgIpc) is 2.75. The SMILES string of the molecule is CCCCn1nc(C(=O)Nc2ccccc2CN(C)C2CCCCC2)ccc1=O. The van der Waals surface area contributed by atoms with Crippen LogP contribution in [0.5, 0.6) is 0 Å². The molecule has 0 unspecified atom stereocenters. The summed E-state index contributed by atoms with van der Waals surface area (Å²) in [6.45, 7) is 3.38. The Bertz CT molecular complexity index is 871. The summed E-state index contributed by atoms with van der Waals surface area (Å²) in [4.78, 5) is 27.1. The van der Waals surface area contributed by atoms with Crippen LogP contribution in [0.3, 0.4) is 0 Å². The molecule has 2 aromatic rings. The third-order valence-electron chi connectivity index (χ3n) is 5.71. The van der Waals surface area contributed by atoms with Gasteiger partial charge in [0.2, 0.25) is 0 Å². The van der Waals surface area contributed by atoms with Crippen LogP contribution in [0.25, 0.3) is 0 Å². The Balaban J connectivity index is 1.71. The van der Waals surface area contributed by atoms with E-state index >= 15 is 0 Å². The quantitative estimate of drug-likeness (QED) is 0.731. The third-order valence-corrected chi connectivity index (χ3v) is 5.71. The van der Waals surface area contributed by atoms with Crippen molar-refractivity contribution in [3.8, 4) is 0 Å². The van der Waals surface area contributed by atoms with Gasteiger partial charge in [-0.15, -0.1) is 0 Å². The smallest absolute Gasteiger partial charge is 0.276 e. The normalized spacial score (nSPS) is 14.9. The molecule has 6 heteroatoms. The molecule has 3 rings (SSSR count). The summed E-state index contributed by atoms with van der Waals surface area (Å²) in [6.07, 6.45) is 8.24. The number of carbonyl (C=O) groups excluding carboxylic acids is 1. The van der Waals surface area contributed by atoms with Crippen LogP contribution in [0.2, 0.25) is 0 Å². The van der Waals surface area contributed by atoms with Crippen molar-refractivity contribution in [1.82, 2.24) is 14.7 Å². The van der Waals surface area contributed by atoms with Gasteiger partial charge in [-0.1, -0.05) is 50.8 Å². The maximum atomic E-state index is 12.8. The summed E-state index contributed by atoms with van der Waals surface area (Å²) in [5, 5.41) is 7.25. The highest BCUT2D eigenvalue weighted by molar-refractivity contribution is 6.03. The first-order valence-electron chi connectivity index (χ1n) is 10.8. The van der Waals surface area contributed by atoms with Crippen LogP contribution >= 0.6 is 0 Å². The van der Waals surface area contributed by atoms with Crippen molar-refractivity contribution in [2.24, 2.45) is 0 Å². The average molecular weight is 397 g/mol. The highest BCUT2D eigenvalue weighted by Gasteiger charge is 2.19. The molecule has 0 radical (unpaired) electrons. The predicted octanol–water partition coefficient (Wildman–Crippen LogP) is 4.06. The van der Waals surface area contributed by atoms with Gasteiger partial charge in [0.1, 0.15) is 5.69 Å². The van der Waals surface area contributed by atoms with Gasteiger partial charge < -0.3 is 5.32 Å². The number of hydrogen-bond donors (Lipinski definition) is 1. The number of anilines is 1. The van der Waals surface area contributed by atoms with Gasteiger partial charge in [0.25, 0.3) is 11.5 Å². The summed E-state index contributed by atoms with van der Waals surface area (Å²) in [5.41, 5.74) is 1.97. The molecule has 1 amide bonds. The Morgan fingerprint density at radius 1 is 1.17 bits per heavy atom. The lowest BCUT2D eigenvalue weighted by molar-refractivity contribution is 0.101. The number of aryl methyl sites for hydroxylation is 1. The van der Waals surface area contributed by atoms with Gasteiger partial charge in [0.15, 0.2) is 0 Å². The van der Waals surface area contributed by atoms with Crippen LogP contribution in [0.4, 0.5) is 5.69 Å². The van der Waals surface area contributed by atoms with Crippen molar-refractivity contribution >= 4 is 11.6 Å². The number of para-hydroxylation sites is 1. The predicted molar refractivity (Wildman–Crippen MR) is 116 cm³/mol. The van der Waals surface area contributed by atoms with E-state index in [0.29, 0.717) is 12.6 Å². The van der Waals surface area contributed by atoms with Gasteiger partial charge in [-0.05, 0) is 44.0 Å². The number of benzene rings is 1. The minimum absolute atomic E-state index is 0.176. The van der Waals surface area contributed by atoms with E-state index in [4.69, 9.17) is 0 Å². The first-order valence-corrected chi connectivity index (χ1v) is 10.8. The Hall–Kier alpha value is -2.47. The summed E-state index contributed by atoms with van der Waals surface area (Å²) >= 11 is 0. The van der Waals surface area contributed by atoms with E-state index in [-0.39, 0.29) is 17.2 Å². The van der Waals surface area contributed by atoms with Crippen molar-refractivity contribution in [1.29, 1.82) is 0 Å². The zero-order chi connectivity index (χ0) is 20.6. The maximum absolute atomic E-state index is 12.8. The Kier molecular flexibility index (Phi) is 7.58. The van der Waals surface area contributed by atoms with Gasteiger partial charge in [-0.2, -0.15) is 5.10 Å². The minimum atomic E-state index is -0.289. The zero-order valence-electron chi connectivity index (χ0n) is 17.6. The molecule has 6 nitrogen and oxygen atoms in total. The molecule has 1 fully saturated rings. The highest BCUT2D eigenvalue weighted by atomic mass is 16.2. The van der Waals surface area contributed by atoms with Gasteiger partial charge in [-0.25, -0.2) is 4.68 Å². The molecule has 1 N–H and O–H groups in total. The molecule has 0 atom stereocenters. The van der Waals surface area contributed by atoms with E-state index in [2.05, 4.69) is 35.4 Å². The second-order valence-corrected chi connectivity index (χ2v) is 7.95. The molecule has 1 aliphatic carbocycles. The van der Waals surface area contributed by atoms with Crippen molar-refractivity contribution in [2.45, 2.75) is 71.0 Å². The molecule has 156 valence electrons.